The summed E-state index contributed by atoms with van der Waals surface area (Å²) in [6, 6.07) is 0. The van der Waals surface area contributed by atoms with Crippen molar-refractivity contribution in [1.29, 1.82) is 0 Å². The van der Waals surface area contributed by atoms with Crippen LogP contribution in [0, 0.1) is 11.8 Å². The van der Waals surface area contributed by atoms with Crippen molar-refractivity contribution in [3.05, 3.63) is 0 Å². The number of hydrogen-bond donors (Lipinski definition) is 3. The number of aliphatic imine (C=N–C) groups is 1. The summed E-state index contributed by atoms with van der Waals surface area (Å²) in [6.45, 7) is 11.1. The van der Waals surface area contributed by atoms with Crippen LogP contribution in [-0.2, 0) is 4.79 Å². The standard InChI is InChI=1S/C18H35N5O/c1-3-19-18(22-11-10-20-17(24)16-7-8-16)21-9-5-13-23-12-4-6-15(2)14-23/h15-16H,3-14H2,1-2H3,(H,20,24)(H2,19,21,22). The fourth-order valence-electron chi connectivity index (χ4n) is 3.17. The van der Waals surface area contributed by atoms with E-state index in [1.807, 2.05) is 0 Å². The number of piperidine rings is 1. The molecule has 2 fully saturated rings. The van der Waals surface area contributed by atoms with Crippen molar-refractivity contribution in [1.82, 2.24) is 20.9 Å². The van der Waals surface area contributed by atoms with Crippen LogP contribution in [0.3, 0.4) is 0 Å². The molecule has 0 aromatic carbocycles. The van der Waals surface area contributed by atoms with Crippen LogP contribution < -0.4 is 16.0 Å². The molecule has 0 radical (unpaired) electrons. The van der Waals surface area contributed by atoms with Crippen LogP contribution in [0.1, 0.15) is 46.0 Å². The van der Waals surface area contributed by atoms with Gasteiger partial charge in [0.1, 0.15) is 0 Å². The molecule has 1 saturated heterocycles. The van der Waals surface area contributed by atoms with Gasteiger partial charge in [-0.05, 0) is 58.0 Å². The Morgan fingerprint density at radius 1 is 1.17 bits per heavy atom. The van der Waals surface area contributed by atoms with Crippen LogP contribution in [0.5, 0.6) is 0 Å². The first-order valence-corrected chi connectivity index (χ1v) is 9.71. The van der Waals surface area contributed by atoms with Crippen molar-refractivity contribution < 1.29 is 4.79 Å². The summed E-state index contributed by atoms with van der Waals surface area (Å²) in [5.74, 6) is 2.18. The van der Waals surface area contributed by atoms with E-state index in [4.69, 9.17) is 0 Å². The molecule has 6 nitrogen and oxygen atoms in total. The third kappa shape index (κ3) is 7.51. The Kier molecular flexibility index (Phi) is 8.36. The van der Waals surface area contributed by atoms with Crippen LogP contribution in [0.4, 0.5) is 0 Å². The fraction of sp³-hybridized carbons (Fsp3) is 0.889. The summed E-state index contributed by atoms with van der Waals surface area (Å²) in [7, 11) is 0. The lowest BCUT2D eigenvalue weighted by Gasteiger charge is -2.30. The molecule has 0 bridgehead atoms. The number of amides is 1. The van der Waals surface area contributed by atoms with Crippen LogP contribution >= 0.6 is 0 Å². The molecular formula is C18H35N5O. The molecule has 0 aromatic heterocycles. The van der Waals surface area contributed by atoms with Crippen molar-refractivity contribution in [2.75, 3.05) is 45.8 Å². The monoisotopic (exact) mass is 337 g/mol. The largest absolute Gasteiger partial charge is 0.357 e. The first-order chi connectivity index (χ1) is 11.7. The van der Waals surface area contributed by atoms with E-state index in [0.29, 0.717) is 13.1 Å². The van der Waals surface area contributed by atoms with Gasteiger partial charge in [0.15, 0.2) is 5.96 Å². The average Bonchev–Trinajstić information content (AvgIpc) is 3.40. The van der Waals surface area contributed by atoms with Gasteiger partial charge in [0, 0.05) is 38.6 Å². The predicted octanol–water partition coefficient (Wildman–Crippen LogP) is 1.19. The molecule has 2 aliphatic rings. The average molecular weight is 338 g/mol. The van der Waals surface area contributed by atoms with E-state index >= 15 is 0 Å². The SMILES string of the molecule is CCNC(=NCCCN1CCCC(C)C1)NCCNC(=O)C1CC1. The second-order valence-electron chi connectivity index (χ2n) is 7.15. The van der Waals surface area contributed by atoms with E-state index in [0.717, 1.165) is 50.8 Å². The van der Waals surface area contributed by atoms with Gasteiger partial charge in [0.05, 0.1) is 0 Å². The van der Waals surface area contributed by atoms with Crippen LogP contribution in [-0.4, -0.2) is 62.6 Å². The van der Waals surface area contributed by atoms with E-state index in [-0.39, 0.29) is 11.8 Å². The maximum Gasteiger partial charge on any atom is 0.223 e. The molecule has 1 heterocycles. The molecule has 1 unspecified atom stereocenters. The lowest BCUT2D eigenvalue weighted by atomic mass is 10.0. The lowest BCUT2D eigenvalue weighted by Crippen LogP contribution is -2.42. The van der Waals surface area contributed by atoms with Gasteiger partial charge in [0.2, 0.25) is 5.91 Å². The molecule has 6 heteroatoms. The molecule has 2 rings (SSSR count). The molecule has 0 aromatic rings. The van der Waals surface area contributed by atoms with Gasteiger partial charge in [-0.15, -0.1) is 0 Å². The van der Waals surface area contributed by atoms with Gasteiger partial charge in [-0.1, -0.05) is 6.92 Å². The Balaban J connectivity index is 1.57. The van der Waals surface area contributed by atoms with Gasteiger partial charge < -0.3 is 20.9 Å². The van der Waals surface area contributed by atoms with Crippen molar-refractivity contribution in [3.63, 3.8) is 0 Å². The van der Waals surface area contributed by atoms with Crippen LogP contribution in [0.2, 0.25) is 0 Å². The summed E-state index contributed by atoms with van der Waals surface area (Å²) < 4.78 is 0. The molecule has 1 aliphatic carbocycles. The molecule has 1 amide bonds. The molecule has 1 saturated carbocycles. The predicted molar refractivity (Wildman–Crippen MR) is 99.2 cm³/mol. The number of carbonyl (C=O) groups is 1. The molecule has 1 aliphatic heterocycles. The zero-order valence-electron chi connectivity index (χ0n) is 15.4. The van der Waals surface area contributed by atoms with Gasteiger partial charge in [-0.2, -0.15) is 0 Å². The van der Waals surface area contributed by atoms with E-state index in [1.165, 1.54) is 25.9 Å². The minimum absolute atomic E-state index is 0.203. The smallest absolute Gasteiger partial charge is 0.223 e. The molecule has 24 heavy (non-hydrogen) atoms. The van der Waals surface area contributed by atoms with Gasteiger partial charge in [-0.3, -0.25) is 9.79 Å². The molecule has 0 spiro atoms. The molecule has 1 atom stereocenters. The van der Waals surface area contributed by atoms with Crippen molar-refractivity contribution in [3.8, 4) is 0 Å². The summed E-state index contributed by atoms with van der Waals surface area (Å²) in [5.41, 5.74) is 0. The number of rotatable bonds is 9. The number of nitrogens with one attached hydrogen (secondary N) is 3. The quantitative estimate of drug-likeness (QED) is 0.336. The second kappa shape index (κ2) is 10.5. The first-order valence-electron chi connectivity index (χ1n) is 9.71. The highest BCUT2D eigenvalue weighted by Gasteiger charge is 2.28. The summed E-state index contributed by atoms with van der Waals surface area (Å²) in [4.78, 5) is 18.8. The first kappa shape index (κ1) is 19.0. The number of nitrogens with zero attached hydrogens (tertiary/aromatic N) is 2. The third-order valence-corrected chi connectivity index (χ3v) is 4.65. The zero-order chi connectivity index (χ0) is 17.2. The normalized spacial score (nSPS) is 22.2. The highest BCUT2D eigenvalue weighted by Crippen LogP contribution is 2.28. The van der Waals surface area contributed by atoms with E-state index in [1.54, 1.807) is 0 Å². The number of carbonyl (C=O) groups excluding carboxylic acids is 1. The van der Waals surface area contributed by atoms with E-state index in [9.17, 15) is 4.79 Å². The third-order valence-electron chi connectivity index (χ3n) is 4.65. The Bertz CT molecular complexity index is 408. The highest BCUT2D eigenvalue weighted by atomic mass is 16.2. The molecule has 3 N–H and O–H groups in total. The lowest BCUT2D eigenvalue weighted by molar-refractivity contribution is -0.122. The topological polar surface area (TPSA) is 68.8 Å². The summed E-state index contributed by atoms with van der Waals surface area (Å²) in [5, 5.41) is 9.52. The molecule has 138 valence electrons. The minimum Gasteiger partial charge on any atom is -0.357 e. The Labute approximate surface area is 146 Å². The highest BCUT2D eigenvalue weighted by molar-refractivity contribution is 5.81. The maximum atomic E-state index is 11.6. The van der Waals surface area contributed by atoms with Crippen molar-refractivity contribution in [2.24, 2.45) is 16.8 Å². The number of guanidine groups is 1. The van der Waals surface area contributed by atoms with Crippen molar-refractivity contribution >= 4 is 11.9 Å². The number of likely N-dealkylation sites (tertiary alicyclic amines) is 1. The minimum atomic E-state index is 0.203. The Hall–Kier alpha value is -1.30. The second-order valence-corrected chi connectivity index (χ2v) is 7.15. The van der Waals surface area contributed by atoms with Gasteiger partial charge >= 0.3 is 0 Å². The summed E-state index contributed by atoms with van der Waals surface area (Å²) >= 11 is 0. The molecular weight excluding hydrogens is 302 g/mol. The van der Waals surface area contributed by atoms with Crippen LogP contribution in [0.25, 0.3) is 0 Å². The maximum absolute atomic E-state index is 11.6. The zero-order valence-corrected chi connectivity index (χ0v) is 15.4. The fourth-order valence-corrected chi connectivity index (χ4v) is 3.17. The Morgan fingerprint density at radius 3 is 2.67 bits per heavy atom. The van der Waals surface area contributed by atoms with E-state index in [2.05, 4.69) is 39.7 Å². The summed E-state index contributed by atoms with van der Waals surface area (Å²) in [6.07, 6.45) is 5.92. The van der Waals surface area contributed by atoms with E-state index < -0.39 is 0 Å². The van der Waals surface area contributed by atoms with Crippen LogP contribution in [0.15, 0.2) is 4.99 Å². The number of hydrogen-bond acceptors (Lipinski definition) is 3. The van der Waals surface area contributed by atoms with Gasteiger partial charge in [0.25, 0.3) is 0 Å². The Morgan fingerprint density at radius 2 is 1.96 bits per heavy atom. The van der Waals surface area contributed by atoms with Crippen molar-refractivity contribution in [2.45, 2.75) is 46.0 Å². The van der Waals surface area contributed by atoms with Gasteiger partial charge in [-0.25, -0.2) is 0 Å².